The lowest BCUT2D eigenvalue weighted by molar-refractivity contribution is 0.0980. The molecular formula is C16H11N3O2S. The second-order valence-electron chi connectivity index (χ2n) is 5.04. The summed E-state index contributed by atoms with van der Waals surface area (Å²) in [5.74, 6) is -0.301. The summed E-state index contributed by atoms with van der Waals surface area (Å²) >= 11 is 1.05. The van der Waals surface area contributed by atoms with Crippen LogP contribution < -0.4 is 5.32 Å². The van der Waals surface area contributed by atoms with Gasteiger partial charge in [0.05, 0.1) is 23.0 Å². The smallest absolute Gasteiger partial charge is 0.196 e. The van der Waals surface area contributed by atoms with E-state index in [1.54, 1.807) is 30.3 Å². The highest BCUT2D eigenvalue weighted by molar-refractivity contribution is 7.00. The van der Waals surface area contributed by atoms with Crippen molar-refractivity contribution in [2.75, 3.05) is 11.9 Å². The van der Waals surface area contributed by atoms with Gasteiger partial charge in [0.15, 0.2) is 11.6 Å². The number of ketones is 2. The van der Waals surface area contributed by atoms with Crippen molar-refractivity contribution >= 4 is 40.0 Å². The molecule has 0 aliphatic heterocycles. The maximum absolute atomic E-state index is 12.8. The van der Waals surface area contributed by atoms with Crippen molar-refractivity contribution < 1.29 is 9.59 Å². The lowest BCUT2D eigenvalue weighted by atomic mass is 9.83. The minimum Gasteiger partial charge on any atom is -0.383 e. The highest BCUT2D eigenvalue weighted by Gasteiger charge is 2.33. The van der Waals surface area contributed by atoms with Crippen LogP contribution in [0.3, 0.4) is 0 Å². The summed E-state index contributed by atoms with van der Waals surface area (Å²) in [4.78, 5) is 25.5. The lowest BCUT2D eigenvalue weighted by Gasteiger charge is -2.18. The molecule has 4 rings (SSSR count). The lowest BCUT2D eigenvalue weighted by Crippen LogP contribution is -2.21. The molecule has 0 spiro atoms. The van der Waals surface area contributed by atoms with E-state index in [1.807, 2.05) is 6.92 Å². The van der Waals surface area contributed by atoms with Crippen molar-refractivity contribution in [1.29, 1.82) is 0 Å². The molecule has 0 amide bonds. The highest BCUT2D eigenvalue weighted by Crippen LogP contribution is 2.35. The zero-order chi connectivity index (χ0) is 15.3. The Labute approximate surface area is 130 Å². The van der Waals surface area contributed by atoms with Gasteiger partial charge in [-0.1, -0.05) is 24.3 Å². The number of hydrogen-bond acceptors (Lipinski definition) is 6. The van der Waals surface area contributed by atoms with Gasteiger partial charge in [-0.05, 0) is 13.0 Å². The SMILES string of the molecule is CCNc1cc2c(c3nsnc13)C(=O)c1ccccc1C2=O. The largest absolute Gasteiger partial charge is 0.383 e. The van der Waals surface area contributed by atoms with Crippen molar-refractivity contribution in [3.63, 3.8) is 0 Å². The molecule has 1 aliphatic carbocycles. The van der Waals surface area contributed by atoms with Gasteiger partial charge >= 0.3 is 0 Å². The van der Waals surface area contributed by atoms with Crippen LogP contribution in [-0.2, 0) is 0 Å². The molecule has 0 unspecified atom stereocenters. The quantitative estimate of drug-likeness (QED) is 0.616. The van der Waals surface area contributed by atoms with Crippen LogP contribution in [0.5, 0.6) is 0 Å². The number of aromatic nitrogens is 2. The average molecular weight is 309 g/mol. The van der Waals surface area contributed by atoms with Gasteiger partial charge in [0.2, 0.25) is 0 Å². The first-order valence-corrected chi connectivity index (χ1v) is 7.67. The van der Waals surface area contributed by atoms with Crippen LogP contribution in [0.2, 0.25) is 0 Å². The number of benzene rings is 2. The van der Waals surface area contributed by atoms with E-state index >= 15 is 0 Å². The first-order valence-electron chi connectivity index (χ1n) is 6.94. The Kier molecular flexibility index (Phi) is 2.80. The molecule has 22 heavy (non-hydrogen) atoms. The summed E-state index contributed by atoms with van der Waals surface area (Å²) in [6, 6.07) is 8.62. The van der Waals surface area contributed by atoms with Gasteiger partial charge in [-0.25, -0.2) is 0 Å². The fourth-order valence-electron chi connectivity index (χ4n) is 2.83. The van der Waals surface area contributed by atoms with E-state index in [1.165, 1.54) is 0 Å². The Morgan fingerprint density at radius 3 is 2.41 bits per heavy atom. The van der Waals surface area contributed by atoms with E-state index in [0.29, 0.717) is 39.8 Å². The fraction of sp³-hybridized carbons (Fsp3) is 0.125. The molecule has 3 aromatic rings. The Balaban J connectivity index is 2.08. The number of rotatable bonds is 2. The number of carbonyl (C=O) groups is 2. The second-order valence-corrected chi connectivity index (χ2v) is 5.57. The van der Waals surface area contributed by atoms with Crippen molar-refractivity contribution in [2.45, 2.75) is 6.92 Å². The van der Waals surface area contributed by atoms with Crippen LogP contribution in [0.1, 0.15) is 38.8 Å². The molecule has 0 bridgehead atoms. The van der Waals surface area contributed by atoms with Crippen LogP contribution in [0.25, 0.3) is 11.0 Å². The highest BCUT2D eigenvalue weighted by atomic mass is 32.1. The molecule has 2 aromatic carbocycles. The van der Waals surface area contributed by atoms with E-state index in [0.717, 1.165) is 17.4 Å². The Morgan fingerprint density at radius 2 is 1.68 bits per heavy atom. The molecule has 0 radical (unpaired) electrons. The molecule has 1 N–H and O–H groups in total. The number of carbonyl (C=O) groups excluding carboxylic acids is 2. The zero-order valence-corrected chi connectivity index (χ0v) is 12.5. The van der Waals surface area contributed by atoms with Crippen LogP contribution in [-0.4, -0.2) is 26.9 Å². The minimum absolute atomic E-state index is 0.140. The predicted octanol–water partition coefficient (Wildman–Crippen LogP) is 2.90. The standard InChI is InChI=1S/C16H11N3O2S/c1-2-17-11-7-10-12(14-13(11)18-22-19-14)16(21)9-6-4-3-5-8(9)15(10)20/h3-7,17H,2H2,1H3. The number of nitrogens with one attached hydrogen (secondary N) is 1. The van der Waals surface area contributed by atoms with Crippen molar-refractivity contribution in [3.8, 4) is 0 Å². The predicted molar refractivity (Wildman–Crippen MR) is 84.9 cm³/mol. The summed E-state index contributed by atoms with van der Waals surface area (Å²) in [6.45, 7) is 2.66. The van der Waals surface area contributed by atoms with Gasteiger partial charge in [0, 0.05) is 23.2 Å². The maximum atomic E-state index is 12.8. The van der Waals surface area contributed by atoms with Crippen molar-refractivity contribution in [3.05, 3.63) is 52.6 Å². The summed E-state index contributed by atoms with van der Waals surface area (Å²) < 4.78 is 8.52. The first kappa shape index (κ1) is 13.1. The monoisotopic (exact) mass is 309 g/mol. The normalized spacial score (nSPS) is 13.1. The third-order valence-corrected chi connectivity index (χ3v) is 4.32. The summed E-state index contributed by atoms with van der Waals surface area (Å²) in [6.07, 6.45) is 0. The van der Waals surface area contributed by atoms with Gasteiger partial charge in [-0.3, -0.25) is 9.59 Å². The van der Waals surface area contributed by atoms with E-state index in [9.17, 15) is 9.59 Å². The maximum Gasteiger partial charge on any atom is 0.196 e. The van der Waals surface area contributed by atoms with Crippen molar-refractivity contribution in [1.82, 2.24) is 8.75 Å². The average Bonchev–Trinajstić information content (AvgIpc) is 3.02. The third kappa shape index (κ3) is 1.64. The van der Waals surface area contributed by atoms with E-state index in [-0.39, 0.29) is 11.6 Å². The number of anilines is 1. The summed E-state index contributed by atoms with van der Waals surface area (Å²) in [5, 5.41) is 3.19. The van der Waals surface area contributed by atoms with Gasteiger partial charge < -0.3 is 5.32 Å². The Morgan fingerprint density at radius 1 is 1.00 bits per heavy atom. The number of hydrogen-bond donors (Lipinski definition) is 1. The molecule has 0 fully saturated rings. The molecule has 5 nitrogen and oxygen atoms in total. The summed E-state index contributed by atoms with van der Waals surface area (Å²) in [5.41, 5.74) is 3.55. The molecule has 1 heterocycles. The van der Waals surface area contributed by atoms with E-state index in [4.69, 9.17) is 0 Å². The van der Waals surface area contributed by atoms with E-state index in [2.05, 4.69) is 14.1 Å². The van der Waals surface area contributed by atoms with Gasteiger partial charge in [-0.15, -0.1) is 0 Å². The van der Waals surface area contributed by atoms with Gasteiger partial charge in [-0.2, -0.15) is 8.75 Å². The molecule has 0 saturated carbocycles. The first-order chi connectivity index (χ1) is 10.7. The topological polar surface area (TPSA) is 72.0 Å². The number of nitrogens with zero attached hydrogens (tertiary/aromatic N) is 2. The zero-order valence-electron chi connectivity index (χ0n) is 11.7. The Hall–Kier alpha value is -2.60. The van der Waals surface area contributed by atoms with Crippen LogP contribution in [0.4, 0.5) is 5.69 Å². The van der Waals surface area contributed by atoms with Crippen LogP contribution in [0.15, 0.2) is 30.3 Å². The molecule has 108 valence electrons. The molecule has 1 aromatic heterocycles. The molecule has 1 aliphatic rings. The van der Waals surface area contributed by atoms with Crippen LogP contribution >= 0.6 is 11.7 Å². The third-order valence-electron chi connectivity index (χ3n) is 3.79. The molecule has 6 heteroatoms. The Bertz CT molecular complexity index is 946. The second kappa shape index (κ2) is 4.71. The summed E-state index contributed by atoms with van der Waals surface area (Å²) in [7, 11) is 0. The van der Waals surface area contributed by atoms with E-state index < -0.39 is 0 Å². The van der Waals surface area contributed by atoms with Gasteiger partial charge in [0.1, 0.15) is 11.0 Å². The van der Waals surface area contributed by atoms with Crippen molar-refractivity contribution in [2.24, 2.45) is 0 Å². The van der Waals surface area contributed by atoms with Crippen LogP contribution in [0, 0.1) is 0 Å². The number of fused-ring (bicyclic) bond motifs is 4. The molecule has 0 saturated heterocycles. The van der Waals surface area contributed by atoms with Gasteiger partial charge in [0.25, 0.3) is 0 Å². The molecular weight excluding hydrogens is 298 g/mol. The minimum atomic E-state index is -0.161. The molecule has 0 atom stereocenters. The fourth-order valence-corrected chi connectivity index (χ4v) is 3.40.